The van der Waals surface area contributed by atoms with Crippen molar-refractivity contribution in [2.75, 3.05) is 12.3 Å². The average Bonchev–Trinajstić information content (AvgIpc) is 2.83. The maximum Gasteiger partial charge on any atom is 0.360 e. The number of hydrogen-bond acceptors (Lipinski definition) is 4. The van der Waals surface area contributed by atoms with E-state index in [9.17, 15) is 4.79 Å². The van der Waals surface area contributed by atoms with Gasteiger partial charge in [0, 0.05) is 6.04 Å². The molecule has 1 aromatic heterocycles. The van der Waals surface area contributed by atoms with Crippen molar-refractivity contribution in [3.8, 4) is 0 Å². The molecule has 5 heteroatoms. The maximum absolute atomic E-state index is 11.8. The first-order valence-electron chi connectivity index (χ1n) is 7.68. The monoisotopic (exact) mass is 279 g/mol. The molecule has 0 radical (unpaired) electrons. The minimum absolute atomic E-state index is 0.251. The Morgan fingerprint density at radius 1 is 1.45 bits per heavy atom. The molecular weight excluding hydrogens is 254 g/mol. The summed E-state index contributed by atoms with van der Waals surface area (Å²) in [5.74, 6) is 0.656. The number of nitrogens with zero attached hydrogens (tertiary/aromatic N) is 2. The number of esters is 1. The highest BCUT2D eigenvalue weighted by Crippen LogP contribution is 2.36. The lowest BCUT2D eigenvalue weighted by Crippen LogP contribution is -2.22. The van der Waals surface area contributed by atoms with Crippen LogP contribution in [0, 0.1) is 5.92 Å². The molecule has 2 rings (SSSR count). The first-order chi connectivity index (χ1) is 9.69. The van der Waals surface area contributed by atoms with Gasteiger partial charge < -0.3 is 15.0 Å². The third kappa shape index (κ3) is 2.97. The number of carbonyl (C=O) groups excluding carboxylic acids is 1. The van der Waals surface area contributed by atoms with Gasteiger partial charge in [0.1, 0.15) is 5.82 Å². The summed E-state index contributed by atoms with van der Waals surface area (Å²) in [5.41, 5.74) is 6.37. The number of aromatic nitrogens is 2. The molecule has 0 amide bonds. The Balaban J connectivity index is 2.19. The van der Waals surface area contributed by atoms with Crippen molar-refractivity contribution in [3.05, 3.63) is 12.0 Å². The lowest BCUT2D eigenvalue weighted by Gasteiger charge is -2.31. The van der Waals surface area contributed by atoms with Crippen molar-refractivity contribution >= 4 is 11.8 Å². The van der Waals surface area contributed by atoms with Crippen molar-refractivity contribution in [3.63, 3.8) is 0 Å². The summed E-state index contributed by atoms with van der Waals surface area (Å²) in [7, 11) is 0. The van der Waals surface area contributed by atoms with Gasteiger partial charge in [0.05, 0.1) is 12.9 Å². The predicted octanol–water partition coefficient (Wildman–Crippen LogP) is 3.17. The zero-order valence-corrected chi connectivity index (χ0v) is 12.5. The van der Waals surface area contributed by atoms with Crippen LogP contribution in [0.15, 0.2) is 6.33 Å². The molecule has 2 N–H and O–H groups in total. The zero-order chi connectivity index (χ0) is 14.5. The molecule has 0 saturated heterocycles. The molecule has 1 atom stereocenters. The molecule has 1 aliphatic rings. The lowest BCUT2D eigenvalue weighted by molar-refractivity contribution is 0.0521. The number of imidazole rings is 1. The van der Waals surface area contributed by atoms with Gasteiger partial charge in [0.2, 0.25) is 0 Å². The third-order valence-corrected chi connectivity index (χ3v) is 4.27. The van der Waals surface area contributed by atoms with Gasteiger partial charge in [-0.05, 0) is 32.1 Å². The SMILES string of the molecule is CCOC(=O)c1ncn(C(CC)C2CCCCC2)c1N. The van der Waals surface area contributed by atoms with Crippen LogP contribution >= 0.6 is 0 Å². The Labute approximate surface area is 120 Å². The molecular formula is C15H25N3O2. The number of ether oxygens (including phenoxy) is 1. The van der Waals surface area contributed by atoms with Crippen LogP contribution in [0.25, 0.3) is 0 Å². The molecule has 0 aromatic carbocycles. The van der Waals surface area contributed by atoms with Crippen LogP contribution in [0.5, 0.6) is 0 Å². The highest BCUT2D eigenvalue weighted by Gasteiger charge is 2.27. The van der Waals surface area contributed by atoms with Crippen LogP contribution in [0.3, 0.4) is 0 Å². The van der Waals surface area contributed by atoms with E-state index in [0.29, 0.717) is 24.4 Å². The largest absolute Gasteiger partial charge is 0.461 e. The van der Waals surface area contributed by atoms with Gasteiger partial charge in [0.25, 0.3) is 0 Å². The van der Waals surface area contributed by atoms with Crippen molar-refractivity contribution in [1.82, 2.24) is 9.55 Å². The molecule has 1 aliphatic carbocycles. The van der Waals surface area contributed by atoms with Crippen molar-refractivity contribution in [2.45, 2.75) is 58.4 Å². The minimum atomic E-state index is -0.428. The van der Waals surface area contributed by atoms with Crippen LogP contribution in [0.1, 0.15) is 68.9 Å². The summed E-state index contributed by atoms with van der Waals surface area (Å²) >= 11 is 0. The fraction of sp³-hybridized carbons (Fsp3) is 0.733. The van der Waals surface area contributed by atoms with Crippen molar-refractivity contribution in [1.29, 1.82) is 0 Å². The second-order valence-electron chi connectivity index (χ2n) is 5.48. The fourth-order valence-electron chi connectivity index (χ4n) is 3.27. The molecule has 5 nitrogen and oxygen atoms in total. The second-order valence-corrected chi connectivity index (χ2v) is 5.48. The van der Waals surface area contributed by atoms with Gasteiger partial charge >= 0.3 is 5.97 Å². The standard InChI is InChI=1S/C15H25N3O2/c1-3-12(11-8-6-5-7-9-11)18-10-17-13(14(18)16)15(19)20-4-2/h10-12H,3-9,16H2,1-2H3. The van der Waals surface area contributed by atoms with E-state index in [-0.39, 0.29) is 5.69 Å². The number of nitrogen functional groups attached to an aromatic ring is 1. The normalized spacial score (nSPS) is 17.9. The summed E-state index contributed by atoms with van der Waals surface area (Å²) in [6, 6.07) is 0.339. The van der Waals surface area contributed by atoms with Crippen LogP contribution < -0.4 is 5.73 Å². The molecule has 1 aromatic rings. The highest BCUT2D eigenvalue weighted by atomic mass is 16.5. The van der Waals surface area contributed by atoms with E-state index in [1.807, 2.05) is 4.57 Å². The van der Waals surface area contributed by atoms with E-state index >= 15 is 0 Å². The first-order valence-corrected chi connectivity index (χ1v) is 7.68. The Morgan fingerprint density at radius 2 is 2.15 bits per heavy atom. The second kappa shape index (κ2) is 6.77. The predicted molar refractivity (Wildman–Crippen MR) is 78.5 cm³/mol. The molecule has 0 bridgehead atoms. The smallest absolute Gasteiger partial charge is 0.360 e. The highest BCUT2D eigenvalue weighted by molar-refractivity contribution is 5.92. The molecule has 20 heavy (non-hydrogen) atoms. The van der Waals surface area contributed by atoms with E-state index in [0.717, 1.165) is 6.42 Å². The van der Waals surface area contributed by atoms with Crippen molar-refractivity contribution < 1.29 is 9.53 Å². The summed E-state index contributed by atoms with van der Waals surface area (Å²) < 4.78 is 6.96. The van der Waals surface area contributed by atoms with Crippen LogP contribution in [-0.4, -0.2) is 22.1 Å². The molecule has 1 saturated carbocycles. The lowest BCUT2D eigenvalue weighted by atomic mass is 9.83. The van der Waals surface area contributed by atoms with Gasteiger partial charge in [-0.1, -0.05) is 26.2 Å². The molecule has 1 fully saturated rings. The third-order valence-electron chi connectivity index (χ3n) is 4.27. The van der Waals surface area contributed by atoms with E-state index in [2.05, 4.69) is 11.9 Å². The maximum atomic E-state index is 11.8. The van der Waals surface area contributed by atoms with Crippen molar-refractivity contribution in [2.24, 2.45) is 5.92 Å². The Kier molecular flexibility index (Phi) is 5.04. The number of carbonyl (C=O) groups is 1. The quantitative estimate of drug-likeness (QED) is 0.840. The molecule has 1 heterocycles. The topological polar surface area (TPSA) is 70.1 Å². The van der Waals surface area contributed by atoms with Crippen LogP contribution in [-0.2, 0) is 4.74 Å². The molecule has 0 aliphatic heterocycles. The average molecular weight is 279 g/mol. The first kappa shape index (κ1) is 14.9. The summed E-state index contributed by atoms with van der Waals surface area (Å²) in [6.45, 7) is 4.29. The number of anilines is 1. The Morgan fingerprint density at radius 3 is 2.75 bits per heavy atom. The van der Waals surface area contributed by atoms with E-state index in [1.54, 1.807) is 13.3 Å². The minimum Gasteiger partial charge on any atom is -0.461 e. The van der Waals surface area contributed by atoms with E-state index < -0.39 is 5.97 Å². The van der Waals surface area contributed by atoms with Crippen LogP contribution in [0.4, 0.5) is 5.82 Å². The zero-order valence-electron chi connectivity index (χ0n) is 12.5. The fourth-order valence-corrected chi connectivity index (χ4v) is 3.27. The number of hydrogen-bond donors (Lipinski definition) is 1. The summed E-state index contributed by atoms with van der Waals surface area (Å²) in [5, 5.41) is 0. The number of nitrogens with two attached hydrogens (primary N) is 1. The molecule has 1 unspecified atom stereocenters. The van der Waals surface area contributed by atoms with Gasteiger partial charge in [0.15, 0.2) is 5.69 Å². The van der Waals surface area contributed by atoms with E-state index in [1.165, 1.54) is 32.1 Å². The van der Waals surface area contributed by atoms with Gasteiger partial charge in [-0.25, -0.2) is 9.78 Å². The Hall–Kier alpha value is -1.52. The van der Waals surface area contributed by atoms with Gasteiger partial charge in [-0.2, -0.15) is 0 Å². The van der Waals surface area contributed by atoms with E-state index in [4.69, 9.17) is 10.5 Å². The summed E-state index contributed by atoms with van der Waals surface area (Å²) in [6.07, 6.45) is 9.11. The van der Waals surface area contributed by atoms with Crippen LogP contribution in [0.2, 0.25) is 0 Å². The number of rotatable bonds is 5. The molecule has 0 spiro atoms. The Bertz CT molecular complexity index is 450. The van der Waals surface area contributed by atoms with Gasteiger partial charge in [-0.15, -0.1) is 0 Å². The summed E-state index contributed by atoms with van der Waals surface area (Å²) in [4.78, 5) is 15.9. The van der Waals surface area contributed by atoms with Gasteiger partial charge in [-0.3, -0.25) is 0 Å². The molecule has 112 valence electrons.